The maximum absolute atomic E-state index is 12.7. The monoisotopic (exact) mass is 299 g/mol. The standard InChI is InChI=1S/C17H21N3O2/c1-13-10-20(17(21)14(2)19-9-8-18-12-19)11-16(22-13)15-6-4-3-5-7-15/h3-9,12-14,16H,10-11H2,1-2H3. The van der Waals surface area contributed by atoms with Gasteiger partial charge in [-0.15, -0.1) is 0 Å². The van der Waals surface area contributed by atoms with Gasteiger partial charge in [0, 0.05) is 18.9 Å². The molecule has 22 heavy (non-hydrogen) atoms. The second kappa shape index (κ2) is 6.32. The Bertz CT molecular complexity index is 612. The number of benzene rings is 1. The molecule has 2 aromatic rings. The van der Waals surface area contributed by atoms with Gasteiger partial charge in [0.25, 0.3) is 0 Å². The zero-order valence-corrected chi connectivity index (χ0v) is 12.9. The third-order valence-corrected chi connectivity index (χ3v) is 4.07. The molecule has 0 N–H and O–H groups in total. The van der Waals surface area contributed by atoms with Crippen molar-refractivity contribution in [2.45, 2.75) is 32.1 Å². The first kappa shape index (κ1) is 14.8. The second-order valence-electron chi connectivity index (χ2n) is 5.78. The highest BCUT2D eigenvalue weighted by atomic mass is 16.5. The lowest BCUT2D eigenvalue weighted by molar-refractivity contribution is -0.147. The molecule has 5 nitrogen and oxygen atoms in total. The maximum Gasteiger partial charge on any atom is 0.245 e. The zero-order chi connectivity index (χ0) is 15.5. The number of rotatable bonds is 3. The van der Waals surface area contributed by atoms with Crippen LogP contribution in [0.15, 0.2) is 49.1 Å². The van der Waals surface area contributed by atoms with Crippen LogP contribution in [0.3, 0.4) is 0 Å². The van der Waals surface area contributed by atoms with Crippen molar-refractivity contribution >= 4 is 5.91 Å². The van der Waals surface area contributed by atoms with Gasteiger partial charge in [-0.05, 0) is 19.4 Å². The summed E-state index contributed by atoms with van der Waals surface area (Å²) in [5, 5.41) is 0. The van der Waals surface area contributed by atoms with E-state index in [0.29, 0.717) is 13.1 Å². The summed E-state index contributed by atoms with van der Waals surface area (Å²) in [7, 11) is 0. The summed E-state index contributed by atoms with van der Waals surface area (Å²) in [6, 6.07) is 9.83. The summed E-state index contributed by atoms with van der Waals surface area (Å²) in [4.78, 5) is 18.7. The van der Waals surface area contributed by atoms with Gasteiger partial charge >= 0.3 is 0 Å². The van der Waals surface area contributed by atoms with E-state index in [1.165, 1.54) is 0 Å². The zero-order valence-electron chi connectivity index (χ0n) is 12.9. The Labute approximate surface area is 130 Å². The summed E-state index contributed by atoms with van der Waals surface area (Å²) in [6.45, 7) is 5.13. The normalized spacial score (nSPS) is 23.3. The molecule has 1 fully saturated rings. The van der Waals surface area contributed by atoms with Crippen LogP contribution in [0, 0.1) is 0 Å². The van der Waals surface area contributed by atoms with E-state index in [2.05, 4.69) is 4.98 Å². The molecule has 1 aromatic heterocycles. The second-order valence-corrected chi connectivity index (χ2v) is 5.78. The molecule has 0 bridgehead atoms. The van der Waals surface area contributed by atoms with Gasteiger partial charge < -0.3 is 14.2 Å². The molecule has 1 aromatic carbocycles. The van der Waals surface area contributed by atoms with Crippen LogP contribution in [-0.2, 0) is 9.53 Å². The first-order chi connectivity index (χ1) is 10.6. The number of aromatic nitrogens is 2. The number of ether oxygens (including phenoxy) is 1. The van der Waals surface area contributed by atoms with Gasteiger partial charge in [-0.25, -0.2) is 4.98 Å². The van der Waals surface area contributed by atoms with Gasteiger partial charge in [0.15, 0.2) is 0 Å². The van der Waals surface area contributed by atoms with Gasteiger partial charge in [-0.3, -0.25) is 4.79 Å². The summed E-state index contributed by atoms with van der Waals surface area (Å²) < 4.78 is 7.84. The summed E-state index contributed by atoms with van der Waals surface area (Å²) in [6.07, 6.45) is 5.16. The van der Waals surface area contributed by atoms with Crippen LogP contribution in [0.25, 0.3) is 0 Å². The lowest BCUT2D eigenvalue weighted by Crippen LogP contribution is -2.47. The number of nitrogens with zero attached hydrogens (tertiary/aromatic N) is 3. The summed E-state index contributed by atoms with van der Waals surface area (Å²) >= 11 is 0. The third-order valence-electron chi connectivity index (χ3n) is 4.07. The molecule has 116 valence electrons. The minimum atomic E-state index is -0.246. The topological polar surface area (TPSA) is 47.4 Å². The van der Waals surface area contributed by atoms with E-state index < -0.39 is 0 Å². The molecule has 2 heterocycles. The maximum atomic E-state index is 12.7. The van der Waals surface area contributed by atoms with Gasteiger partial charge in [0.2, 0.25) is 5.91 Å². The van der Waals surface area contributed by atoms with E-state index in [9.17, 15) is 4.79 Å². The quantitative estimate of drug-likeness (QED) is 0.874. The molecular weight excluding hydrogens is 278 g/mol. The predicted molar refractivity (Wildman–Crippen MR) is 83.2 cm³/mol. The number of hydrogen-bond donors (Lipinski definition) is 0. The number of carbonyl (C=O) groups excluding carboxylic acids is 1. The van der Waals surface area contributed by atoms with Crippen LogP contribution < -0.4 is 0 Å². The van der Waals surface area contributed by atoms with E-state index in [4.69, 9.17) is 4.74 Å². The number of imidazole rings is 1. The van der Waals surface area contributed by atoms with Crippen LogP contribution in [0.1, 0.15) is 31.6 Å². The fourth-order valence-electron chi connectivity index (χ4n) is 2.87. The lowest BCUT2D eigenvalue weighted by Gasteiger charge is -2.38. The van der Waals surface area contributed by atoms with E-state index >= 15 is 0 Å². The van der Waals surface area contributed by atoms with Crippen molar-refractivity contribution in [1.29, 1.82) is 0 Å². The molecule has 3 rings (SSSR count). The molecule has 0 aliphatic carbocycles. The van der Waals surface area contributed by atoms with Crippen LogP contribution in [0.2, 0.25) is 0 Å². The Hall–Kier alpha value is -2.14. The Balaban J connectivity index is 1.75. The van der Waals surface area contributed by atoms with Crippen molar-refractivity contribution in [2.75, 3.05) is 13.1 Å². The average Bonchev–Trinajstić information content (AvgIpc) is 3.08. The molecule has 0 radical (unpaired) electrons. The van der Waals surface area contributed by atoms with E-state index in [1.807, 2.05) is 59.8 Å². The summed E-state index contributed by atoms with van der Waals surface area (Å²) in [5.74, 6) is 0.106. The largest absolute Gasteiger partial charge is 0.367 e. The van der Waals surface area contributed by atoms with Gasteiger partial charge in [-0.2, -0.15) is 0 Å². The lowest BCUT2D eigenvalue weighted by atomic mass is 10.1. The molecule has 1 saturated heterocycles. The van der Waals surface area contributed by atoms with Gasteiger partial charge in [-0.1, -0.05) is 30.3 Å². The SMILES string of the molecule is CC1CN(C(=O)C(C)n2ccnc2)CC(c2ccccc2)O1. The Morgan fingerprint density at radius 1 is 1.32 bits per heavy atom. The number of carbonyl (C=O) groups is 1. The molecule has 1 aliphatic rings. The van der Waals surface area contributed by atoms with Crippen molar-refractivity contribution in [3.8, 4) is 0 Å². The van der Waals surface area contributed by atoms with Gasteiger partial charge in [0.05, 0.1) is 19.0 Å². The first-order valence-corrected chi connectivity index (χ1v) is 7.62. The van der Waals surface area contributed by atoms with Crippen molar-refractivity contribution in [3.63, 3.8) is 0 Å². The molecule has 1 amide bonds. The Kier molecular flexibility index (Phi) is 4.24. The molecule has 0 saturated carbocycles. The van der Waals surface area contributed by atoms with Crippen molar-refractivity contribution in [1.82, 2.24) is 14.5 Å². The highest BCUT2D eigenvalue weighted by molar-refractivity contribution is 5.80. The van der Waals surface area contributed by atoms with Crippen molar-refractivity contribution in [2.24, 2.45) is 0 Å². The van der Waals surface area contributed by atoms with Crippen LogP contribution in [0.4, 0.5) is 0 Å². The Morgan fingerprint density at radius 3 is 2.77 bits per heavy atom. The highest BCUT2D eigenvalue weighted by Crippen LogP contribution is 2.26. The van der Waals surface area contributed by atoms with Crippen molar-refractivity contribution < 1.29 is 9.53 Å². The third kappa shape index (κ3) is 3.04. The van der Waals surface area contributed by atoms with Crippen LogP contribution >= 0.6 is 0 Å². The molecule has 1 aliphatic heterocycles. The molecule has 5 heteroatoms. The molecule has 0 spiro atoms. The minimum absolute atomic E-state index is 0.0258. The highest BCUT2D eigenvalue weighted by Gasteiger charge is 2.31. The molecule has 3 unspecified atom stereocenters. The molecule has 3 atom stereocenters. The smallest absolute Gasteiger partial charge is 0.245 e. The minimum Gasteiger partial charge on any atom is -0.367 e. The van der Waals surface area contributed by atoms with E-state index in [0.717, 1.165) is 5.56 Å². The number of amides is 1. The first-order valence-electron chi connectivity index (χ1n) is 7.62. The van der Waals surface area contributed by atoms with Crippen LogP contribution in [0.5, 0.6) is 0 Å². The predicted octanol–water partition coefficient (Wildman–Crippen LogP) is 2.43. The fourth-order valence-corrected chi connectivity index (χ4v) is 2.87. The fraction of sp³-hybridized carbons (Fsp3) is 0.412. The molecular formula is C17H21N3O2. The van der Waals surface area contributed by atoms with Crippen molar-refractivity contribution in [3.05, 3.63) is 54.6 Å². The number of hydrogen-bond acceptors (Lipinski definition) is 3. The summed E-state index contributed by atoms with van der Waals surface area (Å²) in [5.41, 5.74) is 1.11. The van der Waals surface area contributed by atoms with E-state index in [1.54, 1.807) is 12.5 Å². The Morgan fingerprint density at radius 2 is 2.09 bits per heavy atom. The van der Waals surface area contributed by atoms with Gasteiger partial charge in [0.1, 0.15) is 12.1 Å². The van der Waals surface area contributed by atoms with E-state index in [-0.39, 0.29) is 24.2 Å². The van der Waals surface area contributed by atoms with Crippen LogP contribution in [-0.4, -0.2) is 39.6 Å². The average molecular weight is 299 g/mol. The number of morpholine rings is 1.